The maximum atomic E-state index is 12.6. The molecule has 0 bridgehead atoms. The SMILES string of the molecule is O=C1CCN(c2ccccc2)C(=O)N1c1ccccc1. The third-order valence-electron chi connectivity index (χ3n) is 3.30. The molecule has 3 rings (SSSR count). The summed E-state index contributed by atoms with van der Waals surface area (Å²) in [6.45, 7) is 0.422. The van der Waals surface area contributed by atoms with Crippen LogP contribution in [0.1, 0.15) is 6.42 Å². The highest BCUT2D eigenvalue weighted by Gasteiger charge is 2.33. The molecule has 100 valence electrons. The van der Waals surface area contributed by atoms with Gasteiger partial charge in [0.05, 0.1) is 5.69 Å². The van der Waals surface area contributed by atoms with Gasteiger partial charge in [-0.2, -0.15) is 0 Å². The van der Waals surface area contributed by atoms with Gasteiger partial charge in [-0.15, -0.1) is 0 Å². The van der Waals surface area contributed by atoms with Gasteiger partial charge in [-0.05, 0) is 24.3 Å². The molecule has 1 fully saturated rings. The number of rotatable bonds is 2. The maximum Gasteiger partial charge on any atom is 0.335 e. The highest BCUT2D eigenvalue weighted by Crippen LogP contribution is 2.24. The van der Waals surface area contributed by atoms with Gasteiger partial charge in [0.15, 0.2) is 0 Å². The second-order valence-electron chi connectivity index (χ2n) is 4.58. The third-order valence-corrected chi connectivity index (χ3v) is 3.30. The van der Waals surface area contributed by atoms with Crippen molar-refractivity contribution in [3.63, 3.8) is 0 Å². The van der Waals surface area contributed by atoms with E-state index in [0.717, 1.165) is 5.69 Å². The lowest BCUT2D eigenvalue weighted by atomic mass is 10.2. The van der Waals surface area contributed by atoms with Crippen LogP contribution in [0.2, 0.25) is 0 Å². The van der Waals surface area contributed by atoms with E-state index in [2.05, 4.69) is 0 Å². The minimum Gasteiger partial charge on any atom is -0.293 e. The average molecular weight is 266 g/mol. The number of hydrogen-bond acceptors (Lipinski definition) is 2. The van der Waals surface area contributed by atoms with Gasteiger partial charge in [-0.1, -0.05) is 36.4 Å². The molecule has 4 nitrogen and oxygen atoms in total. The van der Waals surface area contributed by atoms with Gasteiger partial charge in [0, 0.05) is 18.7 Å². The standard InChI is InChI=1S/C16H14N2O2/c19-15-11-12-17(13-7-3-1-4-8-13)16(20)18(15)14-9-5-2-6-10-14/h1-10H,11-12H2. The van der Waals surface area contributed by atoms with E-state index in [1.807, 2.05) is 48.5 Å². The van der Waals surface area contributed by atoms with Crippen molar-refractivity contribution >= 4 is 23.3 Å². The van der Waals surface area contributed by atoms with Gasteiger partial charge in [0.1, 0.15) is 0 Å². The van der Waals surface area contributed by atoms with Crippen molar-refractivity contribution in [2.45, 2.75) is 6.42 Å². The fourth-order valence-electron chi connectivity index (χ4n) is 2.32. The molecule has 1 aliphatic rings. The highest BCUT2D eigenvalue weighted by molar-refractivity contribution is 6.21. The predicted molar refractivity (Wildman–Crippen MR) is 77.7 cm³/mol. The lowest BCUT2D eigenvalue weighted by Crippen LogP contribution is -2.52. The van der Waals surface area contributed by atoms with Crippen LogP contribution in [-0.4, -0.2) is 18.5 Å². The Bertz CT molecular complexity index is 625. The topological polar surface area (TPSA) is 40.6 Å². The van der Waals surface area contributed by atoms with Crippen LogP contribution in [0.4, 0.5) is 16.2 Å². The fraction of sp³-hybridized carbons (Fsp3) is 0.125. The molecule has 2 aromatic rings. The summed E-state index contributed by atoms with van der Waals surface area (Å²) in [5, 5.41) is 0. The summed E-state index contributed by atoms with van der Waals surface area (Å²) in [5.41, 5.74) is 1.43. The molecule has 0 radical (unpaired) electrons. The second-order valence-corrected chi connectivity index (χ2v) is 4.58. The normalized spacial score (nSPS) is 15.6. The van der Waals surface area contributed by atoms with Crippen LogP contribution >= 0.6 is 0 Å². The Balaban J connectivity index is 1.95. The van der Waals surface area contributed by atoms with Gasteiger partial charge in [0.25, 0.3) is 0 Å². The number of hydrogen-bond donors (Lipinski definition) is 0. The van der Waals surface area contributed by atoms with E-state index in [1.54, 1.807) is 17.0 Å². The number of anilines is 2. The van der Waals surface area contributed by atoms with Gasteiger partial charge in [-0.25, -0.2) is 9.69 Å². The maximum absolute atomic E-state index is 12.6. The fourth-order valence-corrected chi connectivity index (χ4v) is 2.32. The molecule has 0 spiro atoms. The average Bonchev–Trinajstić information content (AvgIpc) is 2.49. The Morgan fingerprint density at radius 1 is 0.750 bits per heavy atom. The Hall–Kier alpha value is -2.62. The number of benzene rings is 2. The number of para-hydroxylation sites is 2. The molecule has 0 atom stereocenters. The first kappa shape index (κ1) is 12.4. The van der Waals surface area contributed by atoms with Crippen LogP contribution in [0.3, 0.4) is 0 Å². The molecule has 0 saturated carbocycles. The minimum atomic E-state index is -0.293. The minimum absolute atomic E-state index is 0.159. The summed E-state index contributed by atoms with van der Waals surface area (Å²) in [7, 11) is 0. The van der Waals surface area contributed by atoms with Crippen molar-refractivity contribution in [3.8, 4) is 0 Å². The summed E-state index contributed by atoms with van der Waals surface area (Å²) in [4.78, 5) is 27.5. The summed E-state index contributed by atoms with van der Waals surface area (Å²) in [5.74, 6) is -0.159. The number of carbonyl (C=O) groups excluding carboxylic acids is 2. The Labute approximate surface area is 117 Å². The van der Waals surface area contributed by atoms with Crippen LogP contribution in [0.25, 0.3) is 0 Å². The summed E-state index contributed by atoms with van der Waals surface area (Å²) in [6, 6.07) is 18.1. The van der Waals surface area contributed by atoms with Crippen molar-refractivity contribution in [3.05, 3.63) is 60.7 Å². The van der Waals surface area contributed by atoms with E-state index in [-0.39, 0.29) is 11.9 Å². The molecule has 20 heavy (non-hydrogen) atoms. The molecule has 0 aromatic heterocycles. The number of carbonyl (C=O) groups is 2. The molecular weight excluding hydrogens is 252 g/mol. The van der Waals surface area contributed by atoms with Gasteiger partial charge >= 0.3 is 6.03 Å². The van der Waals surface area contributed by atoms with Crippen molar-refractivity contribution in [1.82, 2.24) is 0 Å². The van der Waals surface area contributed by atoms with Crippen LogP contribution < -0.4 is 9.80 Å². The zero-order valence-electron chi connectivity index (χ0n) is 10.9. The van der Waals surface area contributed by atoms with E-state index < -0.39 is 0 Å². The molecule has 2 aromatic carbocycles. The van der Waals surface area contributed by atoms with Crippen molar-refractivity contribution in [2.24, 2.45) is 0 Å². The Morgan fingerprint density at radius 3 is 1.90 bits per heavy atom. The molecule has 3 amide bonds. The van der Waals surface area contributed by atoms with Crippen LogP contribution in [-0.2, 0) is 4.79 Å². The van der Waals surface area contributed by atoms with Crippen molar-refractivity contribution < 1.29 is 9.59 Å². The van der Waals surface area contributed by atoms with Crippen LogP contribution in [0.15, 0.2) is 60.7 Å². The molecule has 0 unspecified atom stereocenters. The monoisotopic (exact) mass is 266 g/mol. The zero-order chi connectivity index (χ0) is 13.9. The highest BCUT2D eigenvalue weighted by atomic mass is 16.2. The second kappa shape index (κ2) is 5.17. The molecule has 1 saturated heterocycles. The number of nitrogens with zero attached hydrogens (tertiary/aromatic N) is 2. The molecule has 0 N–H and O–H groups in total. The molecule has 4 heteroatoms. The lowest BCUT2D eigenvalue weighted by Gasteiger charge is -2.34. The number of urea groups is 1. The van der Waals surface area contributed by atoms with Crippen LogP contribution in [0.5, 0.6) is 0 Å². The zero-order valence-corrected chi connectivity index (χ0v) is 10.9. The van der Waals surface area contributed by atoms with E-state index in [1.165, 1.54) is 4.90 Å². The van der Waals surface area contributed by atoms with Gasteiger partial charge < -0.3 is 0 Å². The number of amides is 3. The van der Waals surface area contributed by atoms with E-state index in [4.69, 9.17) is 0 Å². The van der Waals surface area contributed by atoms with E-state index in [9.17, 15) is 9.59 Å². The first-order valence-electron chi connectivity index (χ1n) is 6.52. The first-order chi connectivity index (χ1) is 9.77. The van der Waals surface area contributed by atoms with Gasteiger partial charge in [0.2, 0.25) is 5.91 Å². The van der Waals surface area contributed by atoms with Crippen LogP contribution in [0, 0.1) is 0 Å². The lowest BCUT2D eigenvalue weighted by molar-refractivity contribution is -0.118. The molecule has 0 aliphatic carbocycles. The van der Waals surface area contributed by atoms with Crippen molar-refractivity contribution in [1.29, 1.82) is 0 Å². The quantitative estimate of drug-likeness (QED) is 0.838. The third kappa shape index (κ3) is 2.16. The van der Waals surface area contributed by atoms with Crippen molar-refractivity contribution in [2.75, 3.05) is 16.3 Å². The molecule has 1 aliphatic heterocycles. The summed E-state index contributed by atoms with van der Waals surface area (Å²) >= 11 is 0. The van der Waals surface area contributed by atoms with Gasteiger partial charge in [-0.3, -0.25) is 9.69 Å². The van der Waals surface area contributed by atoms with E-state index >= 15 is 0 Å². The Kier molecular flexibility index (Phi) is 3.21. The Morgan fingerprint density at radius 2 is 1.30 bits per heavy atom. The first-order valence-corrected chi connectivity index (χ1v) is 6.52. The largest absolute Gasteiger partial charge is 0.335 e. The molecular formula is C16H14N2O2. The smallest absolute Gasteiger partial charge is 0.293 e. The molecule has 1 heterocycles. The predicted octanol–water partition coefficient (Wildman–Crippen LogP) is 3.05. The summed E-state index contributed by atoms with van der Waals surface area (Å²) in [6.07, 6.45) is 0.329. The summed E-state index contributed by atoms with van der Waals surface area (Å²) < 4.78 is 0. The van der Waals surface area contributed by atoms with E-state index in [0.29, 0.717) is 18.7 Å². The number of imide groups is 1.